The van der Waals surface area contributed by atoms with E-state index in [1.165, 1.54) is 12.3 Å². The Hall–Kier alpha value is -2.28. The first-order valence-corrected chi connectivity index (χ1v) is 8.17. The maximum absolute atomic E-state index is 13.8. The highest BCUT2D eigenvalue weighted by molar-refractivity contribution is 5.94. The number of aromatic nitrogens is 2. The highest BCUT2D eigenvalue weighted by atomic mass is 19.1. The van der Waals surface area contributed by atoms with Gasteiger partial charge in [-0.15, -0.1) is 0 Å². The molecular formula is C17H18FN3O3. The Morgan fingerprint density at radius 1 is 1.33 bits per heavy atom. The van der Waals surface area contributed by atoms with Crippen LogP contribution in [0.15, 0.2) is 22.9 Å². The number of fused-ring (bicyclic) bond motifs is 1. The van der Waals surface area contributed by atoms with Crippen molar-refractivity contribution in [1.29, 1.82) is 0 Å². The minimum atomic E-state index is -0.601. The molecule has 0 saturated carbocycles. The van der Waals surface area contributed by atoms with Crippen LogP contribution >= 0.6 is 0 Å². The van der Waals surface area contributed by atoms with Gasteiger partial charge in [-0.05, 0) is 18.9 Å². The number of nitrogens with zero attached hydrogens (tertiary/aromatic N) is 3. The molecule has 126 valence electrons. The van der Waals surface area contributed by atoms with E-state index in [-0.39, 0.29) is 17.4 Å². The number of hydrogen-bond acceptors (Lipinski definition) is 5. The fourth-order valence-corrected chi connectivity index (χ4v) is 3.23. The summed E-state index contributed by atoms with van der Waals surface area (Å²) in [5, 5.41) is 0. The topological polar surface area (TPSA) is 68.5 Å². The van der Waals surface area contributed by atoms with Crippen LogP contribution in [0.25, 0.3) is 0 Å². The number of rotatable bonds is 2. The molecule has 0 N–H and O–H groups in total. The van der Waals surface area contributed by atoms with Crippen LogP contribution in [0.5, 0.6) is 0 Å². The molecule has 0 bridgehead atoms. The van der Waals surface area contributed by atoms with E-state index in [0.29, 0.717) is 19.5 Å². The second-order valence-corrected chi connectivity index (χ2v) is 6.14. The Morgan fingerprint density at radius 3 is 2.96 bits per heavy atom. The predicted octanol–water partition coefficient (Wildman–Crippen LogP) is 2.30. The van der Waals surface area contributed by atoms with Gasteiger partial charge >= 0.3 is 0 Å². The average molecular weight is 331 g/mol. The summed E-state index contributed by atoms with van der Waals surface area (Å²) < 4.78 is 25.1. The summed E-state index contributed by atoms with van der Waals surface area (Å²) in [6.45, 7) is 2.30. The lowest BCUT2D eigenvalue weighted by atomic mass is 10.0. The summed E-state index contributed by atoms with van der Waals surface area (Å²) in [7, 11) is 0. The van der Waals surface area contributed by atoms with E-state index in [2.05, 4.69) is 9.97 Å². The van der Waals surface area contributed by atoms with Crippen molar-refractivity contribution in [2.24, 2.45) is 0 Å². The zero-order chi connectivity index (χ0) is 16.5. The van der Waals surface area contributed by atoms with Crippen molar-refractivity contribution in [2.75, 3.05) is 19.8 Å². The van der Waals surface area contributed by atoms with Gasteiger partial charge < -0.3 is 14.1 Å². The first-order chi connectivity index (χ1) is 11.7. The van der Waals surface area contributed by atoms with E-state index in [0.717, 1.165) is 49.6 Å². The van der Waals surface area contributed by atoms with Crippen LogP contribution in [-0.4, -0.2) is 40.5 Å². The monoisotopic (exact) mass is 331 g/mol. The van der Waals surface area contributed by atoms with Gasteiger partial charge in [0.2, 0.25) is 0 Å². The van der Waals surface area contributed by atoms with Crippen LogP contribution in [0.3, 0.4) is 0 Å². The summed E-state index contributed by atoms with van der Waals surface area (Å²) in [6, 6.07) is 1.41. The molecule has 2 aromatic rings. The molecule has 1 saturated heterocycles. The third-order valence-electron chi connectivity index (χ3n) is 4.60. The maximum Gasteiger partial charge on any atom is 0.257 e. The number of oxazole rings is 1. The van der Waals surface area contributed by atoms with Crippen molar-refractivity contribution >= 4 is 5.91 Å². The van der Waals surface area contributed by atoms with Gasteiger partial charge in [0.1, 0.15) is 11.5 Å². The van der Waals surface area contributed by atoms with Gasteiger partial charge in [0.05, 0.1) is 18.3 Å². The lowest BCUT2D eigenvalue weighted by Crippen LogP contribution is -2.36. The summed E-state index contributed by atoms with van der Waals surface area (Å²) in [5.41, 5.74) is 0.826. The van der Waals surface area contributed by atoms with Crippen molar-refractivity contribution < 1.29 is 18.3 Å². The molecule has 4 rings (SSSR count). The lowest BCUT2D eigenvalue weighted by Gasteiger charge is -2.25. The molecule has 1 amide bonds. The molecular weight excluding hydrogens is 313 g/mol. The van der Waals surface area contributed by atoms with E-state index >= 15 is 0 Å². The van der Waals surface area contributed by atoms with Gasteiger partial charge in [0.25, 0.3) is 5.91 Å². The number of hydrogen-bond donors (Lipinski definition) is 0. The largest absolute Gasteiger partial charge is 0.445 e. The molecule has 4 heterocycles. The third-order valence-corrected chi connectivity index (χ3v) is 4.60. The van der Waals surface area contributed by atoms with E-state index in [1.807, 2.05) is 0 Å². The van der Waals surface area contributed by atoms with Gasteiger partial charge in [-0.3, -0.25) is 9.78 Å². The van der Waals surface area contributed by atoms with Gasteiger partial charge in [0.15, 0.2) is 11.7 Å². The van der Waals surface area contributed by atoms with E-state index in [4.69, 9.17) is 9.15 Å². The van der Waals surface area contributed by atoms with Crippen molar-refractivity contribution in [3.63, 3.8) is 0 Å². The van der Waals surface area contributed by atoms with Crippen LogP contribution in [0.2, 0.25) is 0 Å². The van der Waals surface area contributed by atoms with Crippen molar-refractivity contribution in [3.8, 4) is 0 Å². The fraction of sp³-hybridized carbons (Fsp3) is 0.471. The normalized spacial score (nSPS) is 18.5. The summed E-state index contributed by atoms with van der Waals surface area (Å²) in [6.07, 6.45) is 4.89. The molecule has 6 nitrogen and oxygen atoms in total. The molecule has 0 spiro atoms. The van der Waals surface area contributed by atoms with E-state index in [1.54, 1.807) is 4.90 Å². The Kier molecular flexibility index (Phi) is 4.02. The Morgan fingerprint density at radius 2 is 2.17 bits per heavy atom. The zero-order valence-electron chi connectivity index (χ0n) is 13.2. The smallest absolute Gasteiger partial charge is 0.257 e. The second kappa shape index (κ2) is 6.32. The second-order valence-electron chi connectivity index (χ2n) is 6.14. The molecule has 0 aliphatic carbocycles. The predicted molar refractivity (Wildman–Crippen MR) is 81.9 cm³/mol. The molecule has 7 heteroatoms. The molecule has 24 heavy (non-hydrogen) atoms. The van der Waals surface area contributed by atoms with Gasteiger partial charge in [-0.25, -0.2) is 9.37 Å². The standard InChI is InChI=1S/C17H18FN3O3/c18-13-9-19-5-1-12(13)17(22)21-6-2-15-14(10-21)20-16(24-15)11-3-7-23-8-4-11/h1,5,9,11H,2-4,6-8,10H2. The minimum absolute atomic E-state index is 0.0431. The number of halogens is 1. The van der Waals surface area contributed by atoms with Crippen LogP contribution < -0.4 is 0 Å². The van der Waals surface area contributed by atoms with E-state index in [9.17, 15) is 9.18 Å². The number of carbonyl (C=O) groups excluding carboxylic acids is 1. The first-order valence-electron chi connectivity index (χ1n) is 8.17. The average Bonchev–Trinajstić information content (AvgIpc) is 3.05. The lowest BCUT2D eigenvalue weighted by molar-refractivity contribution is 0.0721. The summed E-state index contributed by atoms with van der Waals surface area (Å²) >= 11 is 0. The van der Waals surface area contributed by atoms with Crippen molar-refractivity contribution in [2.45, 2.75) is 31.7 Å². The zero-order valence-corrected chi connectivity index (χ0v) is 13.2. The van der Waals surface area contributed by atoms with Gasteiger partial charge in [0, 0.05) is 38.3 Å². The molecule has 0 atom stereocenters. The van der Waals surface area contributed by atoms with Crippen molar-refractivity contribution in [3.05, 3.63) is 47.2 Å². The van der Waals surface area contributed by atoms with E-state index < -0.39 is 5.82 Å². The Bertz CT molecular complexity index is 755. The van der Waals surface area contributed by atoms with Crippen LogP contribution in [0.4, 0.5) is 4.39 Å². The molecule has 0 unspecified atom stereocenters. The number of pyridine rings is 1. The summed E-state index contributed by atoms with van der Waals surface area (Å²) in [4.78, 5) is 22.4. The fourth-order valence-electron chi connectivity index (χ4n) is 3.23. The van der Waals surface area contributed by atoms with Crippen molar-refractivity contribution in [1.82, 2.24) is 14.9 Å². The first kappa shape index (κ1) is 15.3. The molecule has 2 aliphatic rings. The molecule has 2 aliphatic heterocycles. The minimum Gasteiger partial charge on any atom is -0.445 e. The molecule has 1 fully saturated rings. The number of amides is 1. The summed E-state index contributed by atoms with van der Waals surface area (Å²) in [5.74, 6) is 0.932. The van der Waals surface area contributed by atoms with Gasteiger partial charge in [-0.1, -0.05) is 0 Å². The highest BCUT2D eigenvalue weighted by Gasteiger charge is 2.29. The van der Waals surface area contributed by atoms with Gasteiger partial charge in [-0.2, -0.15) is 0 Å². The third kappa shape index (κ3) is 2.80. The maximum atomic E-state index is 13.8. The molecule has 2 aromatic heterocycles. The highest BCUT2D eigenvalue weighted by Crippen LogP contribution is 2.30. The molecule has 0 radical (unpaired) electrons. The number of ether oxygens (including phenoxy) is 1. The SMILES string of the molecule is O=C(c1ccncc1F)N1CCc2oc(C3CCOCC3)nc2C1. The molecule has 0 aromatic carbocycles. The Balaban J connectivity index is 1.52. The van der Waals surface area contributed by atoms with Crippen LogP contribution in [0.1, 0.15) is 46.5 Å². The van der Waals surface area contributed by atoms with Crippen LogP contribution in [0, 0.1) is 5.82 Å². The Labute approximate surface area is 138 Å². The van der Waals surface area contributed by atoms with Crippen LogP contribution in [-0.2, 0) is 17.7 Å². The number of carbonyl (C=O) groups is 1. The quantitative estimate of drug-likeness (QED) is 0.845.